The van der Waals surface area contributed by atoms with E-state index < -0.39 is 5.91 Å². The lowest BCUT2D eigenvalue weighted by Gasteiger charge is -2.29. The van der Waals surface area contributed by atoms with Gasteiger partial charge in [0, 0.05) is 24.5 Å². The third kappa shape index (κ3) is 4.79. The fraction of sp³-hybridized carbons (Fsp3) is 0.500. The number of nitrogen functional groups attached to an aromatic ring is 1. The molecule has 5 heteroatoms. The molecule has 0 bridgehead atoms. The number of hydrogen-bond acceptors (Lipinski definition) is 4. The molecule has 19 heavy (non-hydrogen) atoms. The van der Waals surface area contributed by atoms with Crippen LogP contribution in [0.5, 0.6) is 0 Å². The van der Waals surface area contributed by atoms with Gasteiger partial charge in [0.05, 0.1) is 5.56 Å². The Hall–Kier alpha value is -1.75. The van der Waals surface area contributed by atoms with Gasteiger partial charge in [0.1, 0.15) is 0 Å². The topological polar surface area (TPSA) is 84.4 Å². The smallest absolute Gasteiger partial charge is 0.250 e. The summed E-state index contributed by atoms with van der Waals surface area (Å²) in [6.45, 7) is 6.00. The van der Waals surface area contributed by atoms with Gasteiger partial charge in [-0.25, -0.2) is 0 Å². The molecule has 0 heterocycles. The van der Waals surface area contributed by atoms with Crippen molar-refractivity contribution in [3.05, 3.63) is 23.8 Å². The summed E-state index contributed by atoms with van der Waals surface area (Å²) >= 11 is 0. The van der Waals surface area contributed by atoms with Crippen molar-refractivity contribution in [1.29, 1.82) is 0 Å². The van der Waals surface area contributed by atoms with Crippen molar-refractivity contribution in [2.45, 2.75) is 13.8 Å². The summed E-state index contributed by atoms with van der Waals surface area (Å²) in [5.74, 6) is -0.451. The SMILES string of the molecule is CN(C)CC(C)(C)CNc1cc(N)ccc1C(N)=O. The van der Waals surface area contributed by atoms with Gasteiger partial charge in [-0.3, -0.25) is 4.79 Å². The number of amides is 1. The number of anilines is 2. The van der Waals surface area contributed by atoms with Crippen LogP contribution in [0.1, 0.15) is 24.2 Å². The zero-order valence-corrected chi connectivity index (χ0v) is 12.2. The molecule has 1 aromatic rings. The molecule has 0 saturated heterocycles. The normalized spacial score (nSPS) is 11.6. The van der Waals surface area contributed by atoms with Crippen LogP contribution in [0.3, 0.4) is 0 Å². The third-order valence-corrected chi connectivity index (χ3v) is 2.81. The Kier molecular flexibility index (Phi) is 4.78. The molecule has 5 N–H and O–H groups in total. The Bertz CT molecular complexity index is 455. The molecule has 0 aliphatic heterocycles. The predicted molar refractivity (Wildman–Crippen MR) is 80.2 cm³/mol. The number of nitrogens with one attached hydrogen (secondary N) is 1. The van der Waals surface area contributed by atoms with Gasteiger partial charge in [0.25, 0.3) is 5.91 Å². The minimum Gasteiger partial charge on any atom is -0.399 e. The van der Waals surface area contributed by atoms with E-state index in [1.807, 2.05) is 14.1 Å². The highest BCUT2D eigenvalue weighted by Gasteiger charge is 2.19. The molecule has 0 aliphatic carbocycles. The molecular weight excluding hydrogens is 240 g/mol. The van der Waals surface area contributed by atoms with Crippen LogP contribution in [-0.2, 0) is 0 Å². The lowest BCUT2D eigenvalue weighted by Crippen LogP contribution is -2.34. The zero-order chi connectivity index (χ0) is 14.6. The monoisotopic (exact) mass is 264 g/mol. The summed E-state index contributed by atoms with van der Waals surface area (Å²) < 4.78 is 0. The first-order valence-electron chi connectivity index (χ1n) is 6.29. The Morgan fingerprint density at radius 2 is 2.00 bits per heavy atom. The van der Waals surface area contributed by atoms with Crippen molar-refractivity contribution < 1.29 is 4.79 Å². The van der Waals surface area contributed by atoms with E-state index in [2.05, 4.69) is 24.1 Å². The summed E-state index contributed by atoms with van der Waals surface area (Å²) in [5, 5.41) is 3.27. The number of nitrogens with two attached hydrogens (primary N) is 2. The van der Waals surface area contributed by atoms with E-state index in [0.29, 0.717) is 16.9 Å². The van der Waals surface area contributed by atoms with E-state index >= 15 is 0 Å². The van der Waals surface area contributed by atoms with E-state index in [1.54, 1.807) is 18.2 Å². The number of carbonyl (C=O) groups is 1. The predicted octanol–water partition coefficient (Wildman–Crippen LogP) is 1.37. The largest absolute Gasteiger partial charge is 0.399 e. The van der Waals surface area contributed by atoms with Crippen LogP contribution in [-0.4, -0.2) is 38.0 Å². The van der Waals surface area contributed by atoms with E-state index in [9.17, 15) is 4.79 Å². The first kappa shape index (κ1) is 15.3. The van der Waals surface area contributed by atoms with Gasteiger partial charge >= 0.3 is 0 Å². The van der Waals surface area contributed by atoms with Crippen molar-refractivity contribution in [2.24, 2.45) is 11.1 Å². The lowest BCUT2D eigenvalue weighted by molar-refractivity contribution is 0.100. The second kappa shape index (κ2) is 5.93. The van der Waals surface area contributed by atoms with Gasteiger partial charge in [-0.2, -0.15) is 0 Å². The number of benzene rings is 1. The van der Waals surface area contributed by atoms with Crippen molar-refractivity contribution >= 4 is 17.3 Å². The molecule has 0 aliphatic rings. The van der Waals surface area contributed by atoms with Crippen LogP contribution in [0, 0.1) is 5.41 Å². The van der Waals surface area contributed by atoms with Gasteiger partial charge < -0.3 is 21.7 Å². The number of rotatable bonds is 6. The average molecular weight is 264 g/mol. The molecule has 0 fully saturated rings. The van der Waals surface area contributed by atoms with E-state index in [4.69, 9.17) is 11.5 Å². The molecule has 1 amide bonds. The second-order valence-electron chi connectivity index (χ2n) is 5.92. The molecule has 1 aromatic carbocycles. The number of carbonyl (C=O) groups excluding carboxylic acids is 1. The first-order chi connectivity index (χ1) is 8.71. The van der Waals surface area contributed by atoms with Crippen molar-refractivity contribution in [1.82, 2.24) is 4.90 Å². The Balaban J connectivity index is 2.82. The van der Waals surface area contributed by atoms with Crippen molar-refractivity contribution in [2.75, 3.05) is 38.2 Å². The van der Waals surface area contributed by atoms with Crippen LogP contribution in [0.25, 0.3) is 0 Å². The lowest BCUT2D eigenvalue weighted by atomic mass is 9.92. The third-order valence-electron chi connectivity index (χ3n) is 2.81. The molecule has 0 saturated carbocycles. The van der Waals surface area contributed by atoms with Gasteiger partial charge in [0.15, 0.2) is 0 Å². The maximum atomic E-state index is 11.4. The van der Waals surface area contributed by atoms with Crippen molar-refractivity contribution in [3.63, 3.8) is 0 Å². The maximum Gasteiger partial charge on any atom is 0.250 e. The summed E-state index contributed by atoms with van der Waals surface area (Å²) in [6, 6.07) is 5.07. The van der Waals surface area contributed by atoms with E-state index in [-0.39, 0.29) is 5.41 Å². The highest BCUT2D eigenvalue weighted by Crippen LogP contribution is 2.22. The number of primary amides is 1. The summed E-state index contributed by atoms with van der Waals surface area (Å²) in [5.41, 5.74) is 12.9. The Labute approximate surface area is 115 Å². The molecule has 0 aromatic heterocycles. The number of hydrogen-bond donors (Lipinski definition) is 3. The minimum atomic E-state index is -0.451. The molecular formula is C14H24N4O. The number of nitrogens with zero attached hydrogens (tertiary/aromatic N) is 1. The van der Waals surface area contributed by atoms with Crippen LogP contribution >= 0.6 is 0 Å². The minimum absolute atomic E-state index is 0.0724. The molecule has 0 spiro atoms. The fourth-order valence-corrected chi connectivity index (χ4v) is 2.17. The van der Waals surface area contributed by atoms with Gasteiger partial charge in [-0.15, -0.1) is 0 Å². The van der Waals surface area contributed by atoms with Crippen LogP contribution < -0.4 is 16.8 Å². The Morgan fingerprint density at radius 3 is 2.53 bits per heavy atom. The quantitative estimate of drug-likeness (QED) is 0.677. The van der Waals surface area contributed by atoms with Gasteiger partial charge in [0.2, 0.25) is 0 Å². The summed E-state index contributed by atoms with van der Waals surface area (Å²) in [7, 11) is 4.08. The highest BCUT2D eigenvalue weighted by molar-refractivity contribution is 5.99. The van der Waals surface area contributed by atoms with Crippen LogP contribution in [0.2, 0.25) is 0 Å². The summed E-state index contributed by atoms with van der Waals surface area (Å²) in [4.78, 5) is 13.5. The standard InChI is InChI=1S/C14H24N4O/c1-14(2,9-18(3)4)8-17-12-7-10(15)5-6-11(12)13(16)19/h5-7,17H,8-9,15H2,1-4H3,(H2,16,19). The van der Waals surface area contributed by atoms with Crippen LogP contribution in [0.4, 0.5) is 11.4 Å². The van der Waals surface area contributed by atoms with E-state index in [0.717, 1.165) is 13.1 Å². The Morgan fingerprint density at radius 1 is 1.37 bits per heavy atom. The van der Waals surface area contributed by atoms with Crippen LogP contribution in [0.15, 0.2) is 18.2 Å². The van der Waals surface area contributed by atoms with Gasteiger partial charge in [-0.05, 0) is 37.7 Å². The molecule has 0 radical (unpaired) electrons. The highest BCUT2D eigenvalue weighted by atomic mass is 16.1. The second-order valence-corrected chi connectivity index (χ2v) is 5.92. The molecule has 106 valence electrons. The first-order valence-corrected chi connectivity index (χ1v) is 6.29. The molecule has 0 atom stereocenters. The zero-order valence-electron chi connectivity index (χ0n) is 12.2. The maximum absolute atomic E-state index is 11.4. The molecule has 1 rings (SSSR count). The summed E-state index contributed by atoms with van der Waals surface area (Å²) in [6.07, 6.45) is 0. The average Bonchev–Trinajstić information content (AvgIpc) is 2.24. The molecule has 0 unspecified atom stereocenters. The van der Waals surface area contributed by atoms with Crippen molar-refractivity contribution in [3.8, 4) is 0 Å². The van der Waals surface area contributed by atoms with E-state index in [1.165, 1.54) is 0 Å². The van der Waals surface area contributed by atoms with Gasteiger partial charge in [-0.1, -0.05) is 13.8 Å². The fourth-order valence-electron chi connectivity index (χ4n) is 2.17. The molecule has 5 nitrogen and oxygen atoms in total.